The maximum absolute atomic E-state index is 13.8. The first-order chi connectivity index (χ1) is 9.83. The summed E-state index contributed by atoms with van der Waals surface area (Å²) >= 11 is 0. The number of hydrogen-bond donors (Lipinski definition) is 0. The molecule has 0 amide bonds. The van der Waals surface area contributed by atoms with Crippen LogP contribution in [0.25, 0.3) is 0 Å². The Kier molecular flexibility index (Phi) is 2.66. The van der Waals surface area contributed by atoms with Crippen LogP contribution in [0.2, 0.25) is 0 Å². The largest absolute Gasteiger partial charge is 0.368 e. The third-order valence-electron chi connectivity index (χ3n) is 4.02. The number of ether oxygens (including phenoxy) is 1. The van der Waals surface area contributed by atoms with Crippen molar-refractivity contribution >= 4 is 5.69 Å². The van der Waals surface area contributed by atoms with E-state index in [1.54, 1.807) is 18.5 Å². The SMILES string of the molecule is Fc1cnccc1N1CC[C@H]2[C@H](C1)OCc1cnnn12. The lowest BCUT2D eigenvalue weighted by Crippen LogP contribution is -2.48. The fraction of sp³-hybridized carbons (Fsp3) is 0.462. The fourth-order valence-electron chi connectivity index (χ4n) is 3.03. The molecule has 2 aromatic heterocycles. The molecule has 104 valence electrons. The monoisotopic (exact) mass is 275 g/mol. The van der Waals surface area contributed by atoms with Gasteiger partial charge in [0.05, 0.1) is 42.5 Å². The highest BCUT2D eigenvalue weighted by molar-refractivity contribution is 5.47. The fourth-order valence-corrected chi connectivity index (χ4v) is 3.03. The molecule has 20 heavy (non-hydrogen) atoms. The molecule has 1 saturated heterocycles. The van der Waals surface area contributed by atoms with Crippen molar-refractivity contribution in [3.8, 4) is 0 Å². The highest BCUT2D eigenvalue weighted by Gasteiger charge is 2.36. The molecule has 4 heterocycles. The standard InChI is InChI=1S/C13H14FN5O/c14-10-6-15-3-1-11(10)18-4-2-12-13(7-18)20-8-9-5-16-17-19(9)12/h1,3,5-6,12-13H,2,4,7-8H2/t12-,13-/m0/s1. The van der Waals surface area contributed by atoms with E-state index >= 15 is 0 Å². The topological polar surface area (TPSA) is 56.1 Å². The average molecular weight is 275 g/mol. The van der Waals surface area contributed by atoms with E-state index in [4.69, 9.17) is 4.74 Å². The summed E-state index contributed by atoms with van der Waals surface area (Å²) in [4.78, 5) is 5.80. The van der Waals surface area contributed by atoms with Crippen molar-refractivity contribution in [3.05, 3.63) is 36.2 Å². The van der Waals surface area contributed by atoms with Crippen molar-refractivity contribution in [1.29, 1.82) is 0 Å². The first-order valence-corrected chi connectivity index (χ1v) is 6.68. The number of aromatic nitrogens is 4. The third kappa shape index (κ3) is 1.77. The van der Waals surface area contributed by atoms with E-state index in [1.165, 1.54) is 6.20 Å². The van der Waals surface area contributed by atoms with Crippen molar-refractivity contribution in [2.24, 2.45) is 0 Å². The molecule has 0 saturated carbocycles. The molecular formula is C13H14FN5O. The minimum atomic E-state index is -0.289. The third-order valence-corrected chi connectivity index (χ3v) is 4.02. The van der Waals surface area contributed by atoms with E-state index in [-0.39, 0.29) is 18.0 Å². The van der Waals surface area contributed by atoms with Crippen LogP contribution in [0.5, 0.6) is 0 Å². The van der Waals surface area contributed by atoms with Crippen molar-refractivity contribution in [2.45, 2.75) is 25.2 Å². The predicted octanol–water partition coefficient (Wildman–Crippen LogP) is 1.16. The summed E-state index contributed by atoms with van der Waals surface area (Å²) < 4.78 is 21.6. The maximum atomic E-state index is 13.8. The second-order valence-corrected chi connectivity index (χ2v) is 5.15. The van der Waals surface area contributed by atoms with Gasteiger partial charge in [-0.05, 0) is 12.5 Å². The first kappa shape index (κ1) is 11.8. The number of hydrogen-bond acceptors (Lipinski definition) is 5. The van der Waals surface area contributed by atoms with Gasteiger partial charge in [0.2, 0.25) is 0 Å². The summed E-state index contributed by atoms with van der Waals surface area (Å²) in [7, 11) is 0. The molecule has 0 bridgehead atoms. The summed E-state index contributed by atoms with van der Waals surface area (Å²) in [5, 5.41) is 8.08. The molecule has 2 atom stereocenters. The number of rotatable bonds is 1. The molecule has 4 rings (SSSR count). The van der Waals surface area contributed by atoms with Crippen LogP contribution in [0, 0.1) is 5.82 Å². The van der Waals surface area contributed by atoms with Crippen LogP contribution in [0.1, 0.15) is 18.2 Å². The quantitative estimate of drug-likeness (QED) is 0.781. The number of pyridine rings is 1. The second kappa shape index (κ2) is 4.52. The molecule has 6 nitrogen and oxygen atoms in total. The average Bonchev–Trinajstić information content (AvgIpc) is 2.96. The van der Waals surface area contributed by atoms with Crippen LogP contribution in [-0.2, 0) is 11.3 Å². The number of halogens is 1. The minimum absolute atomic E-state index is 0.0190. The lowest BCUT2D eigenvalue weighted by Gasteiger charge is -2.41. The van der Waals surface area contributed by atoms with Gasteiger partial charge in [0.1, 0.15) is 0 Å². The Labute approximate surface area is 115 Å². The van der Waals surface area contributed by atoms with E-state index in [0.717, 1.165) is 18.7 Å². The smallest absolute Gasteiger partial charge is 0.164 e. The van der Waals surface area contributed by atoms with Crippen molar-refractivity contribution in [2.75, 3.05) is 18.0 Å². The van der Waals surface area contributed by atoms with Gasteiger partial charge in [-0.1, -0.05) is 5.21 Å². The van der Waals surface area contributed by atoms with E-state index in [1.807, 2.05) is 9.58 Å². The van der Waals surface area contributed by atoms with E-state index in [9.17, 15) is 4.39 Å². The molecule has 2 aliphatic rings. The molecule has 0 aliphatic carbocycles. The number of piperidine rings is 1. The minimum Gasteiger partial charge on any atom is -0.368 e. The van der Waals surface area contributed by atoms with E-state index < -0.39 is 0 Å². The van der Waals surface area contributed by atoms with Gasteiger partial charge in [-0.2, -0.15) is 0 Å². The Hall–Kier alpha value is -2.02. The van der Waals surface area contributed by atoms with Crippen molar-refractivity contribution < 1.29 is 9.13 Å². The van der Waals surface area contributed by atoms with Gasteiger partial charge in [0.25, 0.3) is 0 Å². The van der Waals surface area contributed by atoms with Crippen molar-refractivity contribution in [3.63, 3.8) is 0 Å². The van der Waals surface area contributed by atoms with Crippen LogP contribution in [0.15, 0.2) is 24.7 Å². The number of fused-ring (bicyclic) bond motifs is 3. The molecule has 1 fully saturated rings. The molecule has 0 N–H and O–H groups in total. The maximum Gasteiger partial charge on any atom is 0.164 e. The molecule has 0 unspecified atom stereocenters. The Balaban J connectivity index is 1.59. The van der Waals surface area contributed by atoms with E-state index in [0.29, 0.717) is 18.8 Å². The predicted molar refractivity (Wildman–Crippen MR) is 68.7 cm³/mol. The number of nitrogens with zero attached hydrogens (tertiary/aromatic N) is 5. The van der Waals surface area contributed by atoms with Gasteiger partial charge < -0.3 is 9.64 Å². The summed E-state index contributed by atoms with van der Waals surface area (Å²) in [5.41, 5.74) is 1.60. The van der Waals surface area contributed by atoms with Crippen LogP contribution in [-0.4, -0.2) is 39.2 Å². The first-order valence-electron chi connectivity index (χ1n) is 6.68. The molecule has 0 aromatic carbocycles. The van der Waals surface area contributed by atoms with Crippen LogP contribution < -0.4 is 4.90 Å². The molecule has 0 spiro atoms. The summed E-state index contributed by atoms with van der Waals surface area (Å²) in [6.45, 7) is 1.94. The lowest BCUT2D eigenvalue weighted by molar-refractivity contribution is -0.0335. The normalized spacial score (nSPS) is 25.1. The van der Waals surface area contributed by atoms with Gasteiger partial charge in [0.15, 0.2) is 5.82 Å². The van der Waals surface area contributed by atoms with Crippen LogP contribution >= 0.6 is 0 Å². The van der Waals surface area contributed by atoms with Gasteiger partial charge in [0, 0.05) is 19.3 Å². The van der Waals surface area contributed by atoms with Crippen LogP contribution in [0.3, 0.4) is 0 Å². The molecule has 2 aliphatic heterocycles. The molecule has 2 aromatic rings. The Morgan fingerprint density at radius 1 is 1.35 bits per heavy atom. The zero-order chi connectivity index (χ0) is 13.5. The second-order valence-electron chi connectivity index (χ2n) is 5.15. The lowest BCUT2D eigenvalue weighted by atomic mass is 9.99. The van der Waals surface area contributed by atoms with Gasteiger partial charge in [-0.3, -0.25) is 4.98 Å². The summed E-state index contributed by atoms with van der Waals surface area (Å²) in [5.74, 6) is -0.289. The molecular weight excluding hydrogens is 261 g/mol. The van der Waals surface area contributed by atoms with Crippen LogP contribution in [0.4, 0.5) is 10.1 Å². The van der Waals surface area contributed by atoms with Gasteiger partial charge in [-0.15, -0.1) is 5.10 Å². The highest BCUT2D eigenvalue weighted by atomic mass is 19.1. The Bertz CT molecular complexity index is 631. The Morgan fingerprint density at radius 3 is 3.20 bits per heavy atom. The van der Waals surface area contributed by atoms with Crippen molar-refractivity contribution in [1.82, 2.24) is 20.0 Å². The zero-order valence-electron chi connectivity index (χ0n) is 10.8. The van der Waals surface area contributed by atoms with Gasteiger partial charge in [-0.25, -0.2) is 9.07 Å². The zero-order valence-corrected chi connectivity index (χ0v) is 10.8. The summed E-state index contributed by atoms with van der Waals surface area (Å²) in [6.07, 6.45) is 5.49. The van der Waals surface area contributed by atoms with E-state index in [2.05, 4.69) is 15.3 Å². The molecule has 0 radical (unpaired) electrons. The number of anilines is 1. The molecule has 7 heteroatoms. The highest BCUT2D eigenvalue weighted by Crippen LogP contribution is 2.32. The van der Waals surface area contributed by atoms with Gasteiger partial charge >= 0.3 is 0 Å². The Morgan fingerprint density at radius 2 is 2.30 bits per heavy atom. The summed E-state index contributed by atoms with van der Waals surface area (Å²) in [6, 6.07) is 1.90.